The van der Waals surface area contributed by atoms with Crippen LogP contribution in [0, 0.1) is 24.6 Å². The average molecular weight is 314 g/mol. The van der Waals surface area contributed by atoms with Crippen LogP contribution in [0.4, 0.5) is 10.1 Å². The van der Waals surface area contributed by atoms with E-state index in [1.54, 1.807) is 6.07 Å². The van der Waals surface area contributed by atoms with Crippen LogP contribution in [-0.4, -0.2) is 6.04 Å². The van der Waals surface area contributed by atoms with Crippen LogP contribution in [-0.2, 0) is 0 Å². The van der Waals surface area contributed by atoms with Crippen LogP contribution in [0.2, 0.25) is 0 Å². The average Bonchev–Trinajstić information content (AvgIpc) is 2.31. The van der Waals surface area contributed by atoms with E-state index in [4.69, 9.17) is 0 Å². The highest BCUT2D eigenvalue weighted by atomic mass is 79.9. The molecular formula is C15H21BrFN. The summed E-state index contributed by atoms with van der Waals surface area (Å²) in [5.74, 6) is 1.36. The molecule has 0 bridgehead atoms. The van der Waals surface area contributed by atoms with E-state index in [2.05, 4.69) is 35.1 Å². The summed E-state index contributed by atoms with van der Waals surface area (Å²) in [4.78, 5) is 0. The Kier molecular flexibility index (Phi) is 4.31. The molecule has 2 rings (SSSR count). The predicted molar refractivity (Wildman–Crippen MR) is 78.4 cm³/mol. The molecule has 1 fully saturated rings. The molecule has 3 unspecified atom stereocenters. The van der Waals surface area contributed by atoms with Crippen LogP contribution in [0.5, 0.6) is 0 Å². The van der Waals surface area contributed by atoms with E-state index < -0.39 is 0 Å². The van der Waals surface area contributed by atoms with Crippen molar-refractivity contribution in [1.29, 1.82) is 0 Å². The lowest BCUT2D eigenvalue weighted by molar-refractivity contribution is 0.261. The molecule has 1 aliphatic carbocycles. The van der Waals surface area contributed by atoms with Crippen molar-refractivity contribution in [2.45, 2.75) is 46.1 Å². The lowest BCUT2D eigenvalue weighted by atomic mass is 9.79. The lowest BCUT2D eigenvalue weighted by Gasteiger charge is -2.33. The second kappa shape index (κ2) is 5.60. The summed E-state index contributed by atoms with van der Waals surface area (Å²) < 4.78 is 14.1. The summed E-state index contributed by atoms with van der Waals surface area (Å²) in [5, 5.41) is 3.51. The molecule has 1 aromatic rings. The summed E-state index contributed by atoms with van der Waals surface area (Å²) in [6, 6.07) is 3.92. The molecular weight excluding hydrogens is 293 g/mol. The van der Waals surface area contributed by atoms with Gasteiger partial charge in [-0.25, -0.2) is 4.39 Å². The topological polar surface area (TPSA) is 12.0 Å². The molecule has 1 N–H and O–H groups in total. The molecule has 0 aromatic heterocycles. The van der Waals surface area contributed by atoms with Crippen LogP contribution in [0.15, 0.2) is 16.6 Å². The Morgan fingerprint density at radius 2 is 1.94 bits per heavy atom. The van der Waals surface area contributed by atoms with E-state index >= 15 is 0 Å². The maximum Gasteiger partial charge on any atom is 0.139 e. The lowest BCUT2D eigenvalue weighted by Crippen LogP contribution is -2.30. The number of hydrogen-bond donors (Lipinski definition) is 1. The molecule has 0 amide bonds. The van der Waals surface area contributed by atoms with E-state index in [1.165, 1.54) is 19.3 Å². The zero-order valence-electron chi connectivity index (χ0n) is 11.3. The predicted octanol–water partition coefficient (Wildman–Crippen LogP) is 5.13. The van der Waals surface area contributed by atoms with Crippen molar-refractivity contribution in [2.24, 2.45) is 11.8 Å². The normalized spacial score (nSPS) is 28.2. The van der Waals surface area contributed by atoms with E-state index in [0.29, 0.717) is 10.5 Å². The van der Waals surface area contributed by atoms with Crippen molar-refractivity contribution < 1.29 is 4.39 Å². The summed E-state index contributed by atoms with van der Waals surface area (Å²) in [7, 11) is 0. The molecule has 100 valence electrons. The number of rotatable bonds is 2. The van der Waals surface area contributed by atoms with Gasteiger partial charge in [0.1, 0.15) is 5.82 Å². The Hall–Kier alpha value is -0.570. The first-order valence-electron chi connectivity index (χ1n) is 6.69. The number of anilines is 1. The minimum Gasteiger partial charge on any atom is -0.382 e. The van der Waals surface area contributed by atoms with Gasteiger partial charge in [0.25, 0.3) is 0 Å². The molecule has 0 saturated heterocycles. The van der Waals surface area contributed by atoms with Crippen LogP contribution in [0.1, 0.15) is 38.7 Å². The number of benzene rings is 1. The van der Waals surface area contributed by atoms with Crippen LogP contribution >= 0.6 is 15.9 Å². The number of halogens is 2. The van der Waals surface area contributed by atoms with Crippen molar-refractivity contribution >= 4 is 21.6 Å². The standard InChI is InChI=1S/C15H21BrFN/c1-9-4-5-12(6-10(9)2)18-15-8-14(17)13(16)7-11(15)3/h7-10,12,18H,4-6H2,1-3H3. The maximum absolute atomic E-state index is 13.6. The summed E-state index contributed by atoms with van der Waals surface area (Å²) >= 11 is 3.22. The summed E-state index contributed by atoms with van der Waals surface area (Å²) in [6.45, 7) is 6.65. The van der Waals surface area contributed by atoms with E-state index in [0.717, 1.165) is 23.1 Å². The van der Waals surface area contributed by atoms with Gasteiger partial charge in [0.05, 0.1) is 4.47 Å². The second-order valence-corrected chi connectivity index (χ2v) is 6.54. The van der Waals surface area contributed by atoms with Gasteiger partial charge in [-0.3, -0.25) is 0 Å². The largest absolute Gasteiger partial charge is 0.382 e. The highest BCUT2D eigenvalue weighted by Gasteiger charge is 2.24. The van der Waals surface area contributed by atoms with Crippen molar-refractivity contribution in [3.05, 3.63) is 28.0 Å². The SMILES string of the molecule is Cc1cc(Br)c(F)cc1NC1CCC(C)C(C)C1. The Bertz CT molecular complexity index is 433. The third kappa shape index (κ3) is 3.05. The van der Waals surface area contributed by atoms with Crippen molar-refractivity contribution in [3.63, 3.8) is 0 Å². The highest BCUT2D eigenvalue weighted by Crippen LogP contribution is 2.32. The van der Waals surface area contributed by atoms with Crippen LogP contribution in [0.25, 0.3) is 0 Å². The summed E-state index contributed by atoms with van der Waals surface area (Å²) in [6.07, 6.45) is 3.62. The third-order valence-corrected chi connectivity index (χ3v) is 4.83. The molecule has 1 nitrogen and oxygen atoms in total. The molecule has 0 aliphatic heterocycles. The van der Waals surface area contributed by atoms with Gasteiger partial charge in [0, 0.05) is 11.7 Å². The zero-order chi connectivity index (χ0) is 13.3. The van der Waals surface area contributed by atoms with Crippen molar-refractivity contribution in [2.75, 3.05) is 5.32 Å². The van der Waals surface area contributed by atoms with E-state index in [-0.39, 0.29) is 5.82 Å². The first-order chi connectivity index (χ1) is 8.47. The fourth-order valence-electron chi connectivity index (χ4n) is 2.70. The van der Waals surface area contributed by atoms with Crippen molar-refractivity contribution in [1.82, 2.24) is 0 Å². The van der Waals surface area contributed by atoms with Gasteiger partial charge in [0.15, 0.2) is 0 Å². The molecule has 3 atom stereocenters. The number of hydrogen-bond acceptors (Lipinski definition) is 1. The van der Waals surface area contributed by atoms with Gasteiger partial charge in [-0.2, -0.15) is 0 Å². The fourth-order valence-corrected chi connectivity index (χ4v) is 3.16. The Labute approximate surface area is 117 Å². The Morgan fingerprint density at radius 1 is 1.22 bits per heavy atom. The van der Waals surface area contributed by atoms with Gasteiger partial charge in [0.2, 0.25) is 0 Å². The monoisotopic (exact) mass is 313 g/mol. The van der Waals surface area contributed by atoms with E-state index in [1.807, 2.05) is 13.0 Å². The first kappa shape index (κ1) is 13.9. The zero-order valence-corrected chi connectivity index (χ0v) is 12.8. The number of aryl methyl sites for hydroxylation is 1. The Balaban J connectivity index is 2.08. The molecule has 0 radical (unpaired) electrons. The van der Waals surface area contributed by atoms with Gasteiger partial charge in [-0.15, -0.1) is 0 Å². The van der Waals surface area contributed by atoms with Gasteiger partial charge >= 0.3 is 0 Å². The van der Waals surface area contributed by atoms with Gasteiger partial charge in [-0.05, 0) is 71.6 Å². The molecule has 0 spiro atoms. The highest BCUT2D eigenvalue weighted by molar-refractivity contribution is 9.10. The molecule has 3 heteroatoms. The Morgan fingerprint density at radius 3 is 2.61 bits per heavy atom. The molecule has 18 heavy (non-hydrogen) atoms. The first-order valence-corrected chi connectivity index (χ1v) is 7.49. The third-order valence-electron chi connectivity index (χ3n) is 4.23. The quantitative estimate of drug-likeness (QED) is 0.797. The fraction of sp³-hybridized carbons (Fsp3) is 0.600. The smallest absolute Gasteiger partial charge is 0.139 e. The number of nitrogens with one attached hydrogen (secondary N) is 1. The molecule has 1 aliphatic rings. The minimum absolute atomic E-state index is 0.194. The second-order valence-electron chi connectivity index (χ2n) is 5.69. The molecule has 1 saturated carbocycles. The summed E-state index contributed by atoms with van der Waals surface area (Å²) in [5.41, 5.74) is 2.03. The molecule has 0 heterocycles. The van der Waals surface area contributed by atoms with Gasteiger partial charge in [-0.1, -0.05) is 13.8 Å². The maximum atomic E-state index is 13.6. The minimum atomic E-state index is -0.194. The van der Waals surface area contributed by atoms with Crippen molar-refractivity contribution in [3.8, 4) is 0 Å². The van der Waals surface area contributed by atoms with Crippen LogP contribution in [0.3, 0.4) is 0 Å². The van der Waals surface area contributed by atoms with Gasteiger partial charge < -0.3 is 5.32 Å². The van der Waals surface area contributed by atoms with Crippen LogP contribution < -0.4 is 5.32 Å². The molecule has 1 aromatic carbocycles. The van der Waals surface area contributed by atoms with E-state index in [9.17, 15) is 4.39 Å².